The van der Waals surface area contributed by atoms with Crippen molar-refractivity contribution in [2.24, 2.45) is 0 Å². The van der Waals surface area contributed by atoms with Crippen LogP contribution in [-0.2, 0) is 0 Å². The van der Waals surface area contributed by atoms with E-state index < -0.39 is 0 Å². The number of aryl methyl sites for hydroxylation is 1. The van der Waals surface area contributed by atoms with Crippen LogP contribution < -0.4 is 20.3 Å². The van der Waals surface area contributed by atoms with Crippen LogP contribution in [0.2, 0.25) is 0 Å². The predicted molar refractivity (Wildman–Crippen MR) is 103 cm³/mol. The molecule has 1 amide bonds. The molecule has 0 saturated heterocycles. The van der Waals surface area contributed by atoms with Crippen LogP contribution in [0.1, 0.15) is 16.1 Å². The van der Waals surface area contributed by atoms with Gasteiger partial charge in [-0.15, -0.1) is 0 Å². The molecule has 3 rings (SSSR count). The number of hydrogen-bond donors (Lipinski definition) is 2. The second kappa shape index (κ2) is 7.74. The summed E-state index contributed by atoms with van der Waals surface area (Å²) in [4.78, 5) is 31.4. The standard InChI is InChI=1S/C20H19N3O4/c1-12-9-18(24)23-19(21-12)13-5-4-6-14(10-13)22-20(25)16-11-15(26-2)7-8-17(16)27-3/h4-11H,1-3H3,(H,22,25)(H,21,23,24). The zero-order valence-electron chi connectivity index (χ0n) is 15.2. The van der Waals surface area contributed by atoms with Crippen molar-refractivity contribution >= 4 is 11.6 Å². The molecule has 0 fully saturated rings. The zero-order chi connectivity index (χ0) is 19.4. The average molecular weight is 365 g/mol. The molecule has 7 heteroatoms. The average Bonchev–Trinajstić information content (AvgIpc) is 2.67. The van der Waals surface area contributed by atoms with Crippen molar-refractivity contribution in [3.63, 3.8) is 0 Å². The molecule has 0 aliphatic carbocycles. The molecule has 3 aromatic rings. The highest BCUT2D eigenvalue weighted by molar-refractivity contribution is 6.06. The van der Waals surface area contributed by atoms with Gasteiger partial charge in [-0.3, -0.25) is 9.59 Å². The SMILES string of the molecule is COc1ccc(OC)c(C(=O)Nc2cccc(-c3nc(C)cc(=O)[nH]3)c2)c1. The number of aromatic amines is 1. The molecule has 0 radical (unpaired) electrons. The van der Waals surface area contributed by atoms with E-state index in [-0.39, 0.29) is 11.5 Å². The molecule has 0 atom stereocenters. The lowest BCUT2D eigenvalue weighted by atomic mass is 10.1. The minimum Gasteiger partial charge on any atom is -0.497 e. The topological polar surface area (TPSA) is 93.3 Å². The molecular weight excluding hydrogens is 346 g/mol. The Kier molecular flexibility index (Phi) is 5.21. The second-order valence-corrected chi connectivity index (χ2v) is 5.84. The number of carbonyl (C=O) groups excluding carboxylic acids is 1. The van der Waals surface area contributed by atoms with Crippen molar-refractivity contribution < 1.29 is 14.3 Å². The summed E-state index contributed by atoms with van der Waals surface area (Å²) in [7, 11) is 3.03. The van der Waals surface area contributed by atoms with Gasteiger partial charge in [-0.25, -0.2) is 4.98 Å². The molecule has 0 aliphatic rings. The third-order valence-corrected chi connectivity index (χ3v) is 3.91. The Morgan fingerprint density at radius 1 is 1.07 bits per heavy atom. The van der Waals surface area contributed by atoms with Crippen LogP contribution in [-0.4, -0.2) is 30.1 Å². The lowest BCUT2D eigenvalue weighted by molar-refractivity contribution is 0.102. The molecule has 2 N–H and O–H groups in total. The maximum absolute atomic E-state index is 12.7. The Bertz CT molecular complexity index is 1040. The van der Waals surface area contributed by atoms with Crippen molar-refractivity contribution in [3.05, 3.63) is 70.1 Å². The van der Waals surface area contributed by atoms with Crippen molar-refractivity contribution in [1.82, 2.24) is 9.97 Å². The minimum absolute atomic E-state index is 0.229. The number of rotatable bonds is 5. The van der Waals surface area contributed by atoms with E-state index in [9.17, 15) is 9.59 Å². The lowest BCUT2D eigenvalue weighted by Crippen LogP contribution is -2.13. The van der Waals surface area contributed by atoms with Gasteiger partial charge in [0.1, 0.15) is 17.3 Å². The number of carbonyl (C=O) groups is 1. The monoisotopic (exact) mass is 365 g/mol. The molecule has 0 aliphatic heterocycles. The summed E-state index contributed by atoms with van der Waals surface area (Å²) in [5.41, 5.74) is 1.99. The minimum atomic E-state index is -0.339. The maximum atomic E-state index is 12.7. The maximum Gasteiger partial charge on any atom is 0.259 e. The Morgan fingerprint density at radius 3 is 2.59 bits per heavy atom. The molecule has 0 bridgehead atoms. The number of aromatic nitrogens is 2. The predicted octanol–water partition coefficient (Wildman–Crippen LogP) is 3.01. The van der Waals surface area contributed by atoms with Gasteiger partial charge in [0.05, 0.1) is 19.8 Å². The summed E-state index contributed by atoms with van der Waals surface area (Å²) in [6, 6.07) is 13.5. The first-order chi connectivity index (χ1) is 13.0. The number of methoxy groups -OCH3 is 2. The summed E-state index contributed by atoms with van der Waals surface area (Å²) >= 11 is 0. The number of ether oxygens (including phenoxy) is 2. The Labute approximate surface area is 156 Å². The Balaban J connectivity index is 1.90. The smallest absolute Gasteiger partial charge is 0.259 e. The lowest BCUT2D eigenvalue weighted by Gasteiger charge is -2.11. The quantitative estimate of drug-likeness (QED) is 0.725. The zero-order valence-corrected chi connectivity index (χ0v) is 15.2. The summed E-state index contributed by atoms with van der Waals surface area (Å²) in [6.45, 7) is 1.75. The number of nitrogens with one attached hydrogen (secondary N) is 2. The van der Waals surface area contributed by atoms with E-state index >= 15 is 0 Å². The van der Waals surface area contributed by atoms with Crippen LogP contribution in [0.4, 0.5) is 5.69 Å². The van der Waals surface area contributed by atoms with E-state index in [2.05, 4.69) is 15.3 Å². The first kappa shape index (κ1) is 18.2. The van der Waals surface area contributed by atoms with Crippen LogP contribution in [0.15, 0.2) is 53.3 Å². The Morgan fingerprint density at radius 2 is 1.89 bits per heavy atom. The van der Waals surface area contributed by atoms with E-state index in [0.717, 1.165) is 0 Å². The van der Waals surface area contributed by atoms with Gasteiger partial charge in [-0.05, 0) is 37.3 Å². The van der Waals surface area contributed by atoms with Crippen LogP contribution >= 0.6 is 0 Å². The fraction of sp³-hybridized carbons (Fsp3) is 0.150. The van der Waals surface area contributed by atoms with Gasteiger partial charge >= 0.3 is 0 Å². The molecule has 0 unspecified atom stereocenters. The second-order valence-electron chi connectivity index (χ2n) is 5.84. The first-order valence-electron chi connectivity index (χ1n) is 8.22. The van der Waals surface area contributed by atoms with Gasteiger partial charge in [0.15, 0.2) is 0 Å². The third-order valence-electron chi connectivity index (χ3n) is 3.91. The normalized spacial score (nSPS) is 10.3. The van der Waals surface area contributed by atoms with Crippen molar-refractivity contribution in [2.45, 2.75) is 6.92 Å². The number of benzene rings is 2. The van der Waals surface area contributed by atoms with Crippen molar-refractivity contribution in [3.8, 4) is 22.9 Å². The molecule has 27 heavy (non-hydrogen) atoms. The molecule has 0 saturated carbocycles. The van der Waals surface area contributed by atoms with Gasteiger partial charge in [0.25, 0.3) is 11.5 Å². The van der Waals surface area contributed by atoms with Crippen LogP contribution in [0, 0.1) is 6.92 Å². The largest absolute Gasteiger partial charge is 0.497 e. The number of nitrogens with zero attached hydrogens (tertiary/aromatic N) is 1. The number of H-pyrrole nitrogens is 1. The Hall–Kier alpha value is -3.61. The van der Waals surface area contributed by atoms with E-state index in [0.29, 0.717) is 39.8 Å². The number of amides is 1. The van der Waals surface area contributed by atoms with Gasteiger partial charge in [-0.2, -0.15) is 0 Å². The van der Waals surface area contributed by atoms with Gasteiger partial charge in [-0.1, -0.05) is 12.1 Å². The molecule has 0 spiro atoms. The first-order valence-corrected chi connectivity index (χ1v) is 8.22. The molecule has 7 nitrogen and oxygen atoms in total. The summed E-state index contributed by atoms with van der Waals surface area (Å²) in [5, 5.41) is 2.83. The van der Waals surface area contributed by atoms with Gasteiger partial charge in [0, 0.05) is 23.0 Å². The fourth-order valence-electron chi connectivity index (χ4n) is 2.65. The van der Waals surface area contributed by atoms with Crippen LogP contribution in [0.3, 0.4) is 0 Å². The third kappa shape index (κ3) is 4.14. The van der Waals surface area contributed by atoms with E-state index in [1.807, 2.05) is 0 Å². The number of hydrogen-bond acceptors (Lipinski definition) is 5. The molecule has 138 valence electrons. The van der Waals surface area contributed by atoms with Crippen LogP contribution in [0.5, 0.6) is 11.5 Å². The van der Waals surface area contributed by atoms with Crippen molar-refractivity contribution in [2.75, 3.05) is 19.5 Å². The summed E-state index contributed by atoms with van der Waals surface area (Å²) < 4.78 is 10.4. The fourth-order valence-corrected chi connectivity index (χ4v) is 2.65. The van der Waals surface area contributed by atoms with Gasteiger partial charge in [0.2, 0.25) is 0 Å². The van der Waals surface area contributed by atoms with E-state index in [1.165, 1.54) is 20.3 Å². The van der Waals surface area contributed by atoms with Crippen molar-refractivity contribution in [1.29, 1.82) is 0 Å². The van der Waals surface area contributed by atoms with Crippen LogP contribution in [0.25, 0.3) is 11.4 Å². The molecule has 1 aromatic heterocycles. The molecule has 2 aromatic carbocycles. The van der Waals surface area contributed by atoms with E-state index in [4.69, 9.17) is 9.47 Å². The highest BCUT2D eigenvalue weighted by atomic mass is 16.5. The van der Waals surface area contributed by atoms with Gasteiger partial charge < -0.3 is 19.8 Å². The molecular formula is C20H19N3O4. The molecule has 1 heterocycles. The van der Waals surface area contributed by atoms with E-state index in [1.54, 1.807) is 49.4 Å². The summed E-state index contributed by atoms with van der Waals surface area (Å²) in [5.74, 6) is 1.09. The summed E-state index contributed by atoms with van der Waals surface area (Å²) in [6.07, 6.45) is 0. The highest BCUT2D eigenvalue weighted by Crippen LogP contribution is 2.26. The number of anilines is 1. The highest BCUT2D eigenvalue weighted by Gasteiger charge is 2.14.